The van der Waals surface area contributed by atoms with E-state index in [9.17, 15) is 4.79 Å². The first kappa shape index (κ1) is 18.2. The first-order chi connectivity index (χ1) is 12.9. The Balaban J connectivity index is 1.55. The summed E-state index contributed by atoms with van der Waals surface area (Å²) >= 11 is 1.69. The number of aryl methyl sites for hydroxylation is 1. The summed E-state index contributed by atoms with van der Waals surface area (Å²) in [4.78, 5) is 11.1. The lowest BCUT2D eigenvalue weighted by atomic mass is 9.99. The van der Waals surface area contributed by atoms with Crippen molar-refractivity contribution in [3.8, 4) is 16.9 Å². The molecule has 1 atom stereocenters. The second-order valence-electron chi connectivity index (χ2n) is 7.26. The van der Waals surface area contributed by atoms with Crippen molar-refractivity contribution in [2.45, 2.75) is 32.7 Å². The normalized spacial score (nSPS) is 18.7. The summed E-state index contributed by atoms with van der Waals surface area (Å²) in [7, 11) is 0. The molecule has 4 rings (SSSR count). The minimum atomic E-state index is -0.534. The molecule has 0 N–H and O–H groups in total. The first-order valence-corrected chi connectivity index (χ1v) is 9.85. The summed E-state index contributed by atoms with van der Waals surface area (Å²) in [6.45, 7) is 6.91. The van der Waals surface area contributed by atoms with E-state index in [4.69, 9.17) is 14.2 Å². The van der Waals surface area contributed by atoms with E-state index in [2.05, 4.69) is 18.4 Å². The van der Waals surface area contributed by atoms with Gasteiger partial charge in [-0.3, -0.25) is 4.79 Å². The van der Waals surface area contributed by atoms with Gasteiger partial charge in [0, 0.05) is 21.2 Å². The third-order valence-corrected chi connectivity index (χ3v) is 5.69. The van der Waals surface area contributed by atoms with Crippen LogP contribution in [0.2, 0.25) is 0 Å². The van der Waals surface area contributed by atoms with Crippen molar-refractivity contribution in [1.82, 2.24) is 0 Å². The van der Waals surface area contributed by atoms with Crippen LogP contribution >= 0.6 is 11.3 Å². The summed E-state index contributed by atoms with van der Waals surface area (Å²) < 4.78 is 18.4. The fourth-order valence-electron chi connectivity index (χ4n) is 3.39. The third kappa shape index (κ3) is 3.76. The smallest absolute Gasteiger partial charge is 0.163 e. The molecule has 1 aliphatic heterocycles. The average Bonchev–Trinajstić information content (AvgIpc) is 3.22. The Morgan fingerprint density at radius 2 is 2.07 bits per heavy atom. The molecule has 2 heterocycles. The summed E-state index contributed by atoms with van der Waals surface area (Å²) in [5.74, 6) is 0.284. The number of hydrogen-bond acceptors (Lipinski definition) is 5. The standard InChI is InChI=1S/C22H22O4S/c1-14-8-16(24-11-17-12-25-22(2,3)26-17)5-6-18(14)20-13-27-21-7-4-15(10-23)9-19(20)21/h4-10,13,17H,11-12H2,1-3H3. The summed E-state index contributed by atoms with van der Waals surface area (Å²) in [5.41, 5.74) is 4.13. The van der Waals surface area contributed by atoms with Crippen LogP contribution in [0.3, 0.4) is 0 Å². The highest BCUT2D eigenvalue weighted by atomic mass is 32.1. The van der Waals surface area contributed by atoms with Gasteiger partial charge in [-0.25, -0.2) is 0 Å². The van der Waals surface area contributed by atoms with E-state index in [1.54, 1.807) is 11.3 Å². The predicted molar refractivity (Wildman–Crippen MR) is 108 cm³/mol. The van der Waals surface area contributed by atoms with Crippen LogP contribution in [0.1, 0.15) is 29.8 Å². The van der Waals surface area contributed by atoms with Crippen LogP contribution in [0.15, 0.2) is 41.8 Å². The van der Waals surface area contributed by atoms with E-state index in [-0.39, 0.29) is 6.10 Å². The van der Waals surface area contributed by atoms with Gasteiger partial charge in [0.1, 0.15) is 24.7 Å². The third-order valence-electron chi connectivity index (χ3n) is 4.72. The van der Waals surface area contributed by atoms with Crippen molar-refractivity contribution in [2.24, 2.45) is 0 Å². The van der Waals surface area contributed by atoms with Crippen LogP contribution in [0, 0.1) is 6.92 Å². The second kappa shape index (κ2) is 7.08. The number of hydrogen-bond donors (Lipinski definition) is 0. The number of benzene rings is 2. The SMILES string of the molecule is Cc1cc(OCC2COC(C)(C)O2)ccc1-c1csc2ccc(C=O)cc12. The van der Waals surface area contributed by atoms with Crippen LogP contribution in [0.5, 0.6) is 5.75 Å². The molecule has 0 spiro atoms. The van der Waals surface area contributed by atoms with E-state index >= 15 is 0 Å². The Kier molecular flexibility index (Phi) is 4.76. The fourth-order valence-corrected chi connectivity index (χ4v) is 4.33. The quantitative estimate of drug-likeness (QED) is 0.568. The Bertz CT molecular complexity index is 989. The molecule has 3 aromatic rings. The van der Waals surface area contributed by atoms with Crippen LogP contribution in [-0.2, 0) is 9.47 Å². The maximum atomic E-state index is 11.1. The fraction of sp³-hybridized carbons (Fsp3) is 0.318. The molecule has 2 aromatic carbocycles. The molecule has 0 aliphatic carbocycles. The summed E-state index contributed by atoms with van der Waals surface area (Å²) in [5, 5.41) is 3.26. The van der Waals surface area contributed by atoms with Crippen molar-refractivity contribution < 1.29 is 19.0 Å². The molecule has 1 aliphatic rings. The lowest BCUT2D eigenvalue weighted by Gasteiger charge is -2.17. The molecule has 0 saturated carbocycles. The van der Waals surface area contributed by atoms with Crippen LogP contribution in [0.25, 0.3) is 21.2 Å². The Hall–Kier alpha value is -2.21. The minimum absolute atomic E-state index is 0.0532. The van der Waals surface area contributed by atoms with Crippen LogP contribution in [-0.4, -0.2) is 31.4 Å². The molecule has 0 amide bonds. The Morgan fingerprint density at radius 3 is 2.78 bits per heavy atom. The molecule has 27 heavy (non-hydrogen) atoms. The molecule has 4 nitrogen and oxygen atoms in total. The maximum absolute atomic E-state index is 11.1. The lowest BCUT2D eigenvalue weighted by molar-refractivity contribution is -0.141. The van der Waals surface area contributed by atoms with E-state index in [0.29, 0.717) is 18.8 Å². The highest BCUT2D eigenvalue weighted by molar-refractivity contribution is 7.17. The highest BCUT2D eigenvalue weighted by Gasteiger charge is 2.32. The van der Waals surface area contributed by atoms with Gasteiger partial charge in [-0.1, -0.05) is 12.1 Å². The number of ether oxygens (including phenoxy) is 3. The summed E-state index contributed by atoms with van der Waals surface area (Å²) in [6, 6.07) is 11.9. The predicted octanol–water partition coefficient (Wildman–Crippen LogP) is 5.22. The molecule has 0 radical (unpaired) electrons. The lowest BCUT2D eigenvalue weighted by Crippen LogP contribution is -2.25. The van der Waals surface area contributed by atoms with Gasteiger partial charge in [0.05, 0.1) is 6.61 Å². The molecule has 1 aromatic heterocycles. The topological polar surface area (TPSA) is 44.8 Å². The summed E-state index contributed by atoms with van der Waals surface area (Å²) in [6.07, 6.45) is 0.836. The minimum Gasteiger partial charge on any atom is -0.491 e. The zero-order valence-electron chi connectivity index (χ0n) is 15.7. The zero-order chi connectivity index (χ0) is 19.0. The number of aldehydes is 1. The number of fused-ring (bicyclic) bond motifs is 1. The Labute approximate surface area is 162 Å². The maximum Gasteiger partial charge on any atom is 0.163 e. The number of thiophene rings is 1. The Morgan fingerprint density at radius 1 is 1.22 bits per heavy atom. The van der Waals surface area contributed by atoms with Gasteiger partial charge < -0.3 is 14.2 Å². The van der Waals surface area contributed by atoms with Crippen molar-refractivity contribution in [1.29, 1.82) is 0 Å². The largest absolute Gasteiger partial charge is 0.491 e. The highest BCUT2D eigenvalue weighted by Crippen LogP contribution is 2.37. The molecule has 1 saturated heterocycles. The molecule has 140 valence electrons. The zero-order valence-corrected chi connectivity index (χ0v) is 16.5. The number of rotatable bonds is 5. The van der Waals surface area contributed by atoms with Crippen molar-refractivity contribution in [3.63, 3.8) is 0 Å². The van der Waals surface area contributed by atoms with Gasteiger partial charge in [0.15, 0.2) is 5.79 Å². The molecular formula is C22H22O4S. The molecule has 0 bridgehead atoms. The van der Waals surface area contributed by atoms with E-state index in [0.717, 1.165) is 34.1 Å². The molecule has 1 fully saturated rings. The molecule has 1 unspecified atom stereocenters. The van der Waals surface area contributed by atoms with Crippen molar-refractivity contribution >= 4 is 27.7 Å². The van der Waals surface area contributed by atoms with E-state index in [1.165, 1.54) is 4.70 Å². The van der Waals surface area contributed by atoms with Crippen molar-refractivity contribution in [3.05, 3.63) is 52.9 Å². The van der Waals surface area contributed by atoms with Crippen LogP contribution in [0.4, 0.5) is 0 Å². The molecule has 5 heteroatoms. The van der Waals surface area contributed by atoms with E-state index in [1.807, 2.05) is 44.2 Å². The van der Waals surface area contributed by atoms with Gasteiger partial charge >= 0.3 is 0 Å². The van der Waals surface area contributed by atoms with Crippen molar-refractivity contribution in [2.75, 3.05) is 13.2 Å². The van der Waals surface area contributed by atoms with E-state index < -0.39 is 5.79 Å². The second-order valence-corrected chi connectivity index (χ2v) is 8.17. The van der Waals surface area contributed by atoms with Gasteiger partial charge in [-0.05, 0) is 61.5 Å². The van der Waals surface area contributed by atoms with Gasteiger partial charge in [-0.2, -0.15) is 0 Å². The van der Waals surface area contributed by atoms with Crippen LogP contribution < -0.4 is 4.74 Å². The monoisotopic (exact) mass is 382 g/mol. The van der Waals surface area contributed by atoms with Gasteiger partial charge in [0.25, 0.3) is 0 Å². The first-order valence-electron chi connectivity index (χ1n) is 8.97. The molecular weight excluding hydrogens is 360 g/mol. The van der Waals surface area contributed by atoms with Gasteiger partial charge in [0.2, 0.25) is 0 Å². The van der Waals surface area contributed by atoms with Gasteiger partial charge in [-0.15, -0.1) is 11.3 Å². The number of carbonyl (C=O) groups is 1. The average molecular weight is 382 g/mol. The number of carbonyl (C=O) groups excluding carboxylic acids is 1.